The first-order chi connectivity index (χ1) is 18.3. The van der Waals surface area contributed by atoms with Gasteiger partial charge >= 0.3 is 36.0 Å². The van der Waals surface area contributed by atoms with E-state index in [0.717, 1.165) is 5.56 Å². The highest BCUT2D eigenvalue weighted by molar-refractivity contribution is 7.86. The summed E-state index contributed by atoms with van der Waals surface area (Å²) in [5.74, 6) is 0. The maximum absolute atomic E-state index is 13.4. The molecule has 38 heavy (non-hydrogen) atoms. The van der Waals surface area contributed by atoms with Crippen molar-refractivity contribution in [1.82, 2.24) is 0 Å². The molecule has 0 aliphatic carbocycles. The minimum absolute atomic E-state index is 0.0315. The predicted molar refractivity (Wildman–Crippen MR) is 139 cm³/mol. The van der Waals surface area contributed by atoms with Crippen molar-refractivity contribution in [1.29, 1.82) is 0 Å². The Labute approximate surface area is 224 Å². The number of hydrogen-bond acceptors (Lipinski definition) is 7. The van der Waals surface area contributed by atoms with Crippen molar-refractivity contribution in [2.24, 2.45) is 0 Å². The standard InChI is InChI=1S/C29H19IO7S/c1-18-6-12-22(13-7-18)38(33,34)37-30(21-10-8-19-9-15-28(31)36-27(19)17-21)20-11-14-26-24(16-20)29(32)23-4-2-3-5-25(23)35-26/h2-17H,1H3/q+1. The van der Waals surface area contributed by atoms with Gasteiger partial charge in [0.25, 0.3) is 0 Å². The first kappa shape index (κ1) is 24.5. The topological polar surface area (TPSA) is 104 Å². The molecule has 0 amide bonds. The molecule has 189 valence electrons. The van der Waals surface area contributed by atoms with Gasteiger partial charge in [-0.2, -0.15) is 8.42 Å². The van der Waals surface area contributed by atoms with Gasteiger partial charge < -0.3 is 8.83 Å². The summed E-state index contributed by atoms with van der Waals surface area (Å²) in [6.45, 7) is 1.86. The van der Waals surface area contributed by atoms with Crippen molar-refractivity contribution >= 4 is 43.0 Å². The van der Waals surface area contributed by atoms with Crippen LogP contribution in [0.5, 0.6) is 0 Å². The van der Waals surface area contributed by atoms with Gasteiger partial charge in [-0.1, -0.05) is 29.8 Å². The summed E-state index contributed by atoms with van der Waals surface area (Å²) in [5, 5.41) is 1.45. The Morgan fingerprint density at radius 1 is 0.684 bits per heavy atom. The Hall–Kier alpha value is -3.80. The summed E-state index contributed by atoms with van der Waals surface area (Å²) in [5.41, 5.74) is 1.36. The second-order valence-electron chi connectivity index (χ2n) is 8.58. The normalized spacial score (nSPS) is 12.1. The Kier molecular flexibility index (Phi) is 6.13. The molecule has 0 aliphatic heterocycles. The molecule has 2 heterocycles. The number of aryl methyl sites for hydroxylation is 1. The second kappa shape index (κ2) is 9.50. The highest BCUT2D eigenvalue weighted by Crippen LogP contribution is 2.18. The monoisotopic (exact) mass is 638 g/mol. The van der Waals surface area contributed by atoms with Crippen molar-refractivity contribution in [3.63, 3.8) is 0 Å². The van der Waals surface area contributed by atoms with E-state index in [0.29, 0.717) is 40.0 Å². The zero-order valence-electron chi connectivity index (χ0n) is 19.9. The lowest BCUT2D eigenvalue weighted by Gasteiger charge is -2.08. The molecule has 4 aromatic carbocycles. The molecule has 0 aliphatic rings. The van der Waals surface area contributed by atoms with E-state index in [4.69, 9.17) is 11.3 Å². The van der Waals surface area contributed by atoms with E-state index < -0.39 is 36.0 Å². The average molecular weight is 638 g/mol. The molecule has 0 fully saturated rings. The summed E-state index contributed by atoms with van der Waals surface area (Å²) >= 11 is -3.24. The highest BCUT2D eigenvalue weighted by atomic mass is 127. The van der Waals surface area contributed by atoms with Gasteiger partial charge in [0.1, 0.15) is 16.7 Å². The number of hydrogen-bond donors (Lipinski definition) is 0. The van der Waals surface area contributed by atoms with Crippen LogP contribution in [0.15, 0.2) is 120 Å². The van der Waals surface area contributed by atoms with E-state index in [-0.39, 0.29) is 10.3 Å². The molecular weight excluding hydrogens is 619 g/mol. The molecule has 9 heteroatoms. The molecule has 0 saturated heterocycles. The van der Waals surface area contributed by atoms with Crippen LogP contribution in [0, 0.1) is 14.1 Å². The maximum Gasteiger partial charge on any atom is 0.336 e. The van der Waals surface area contributed by atoms with Crippen LogP contribution >= 0.6 is 0 Å². The van der Waals surface area contributed by atoms with Crippen LogP contribution in [-0.4, -0.2) is 8.42 Å². The molecular formula is C29H19IO7S+. The molecule has 0 N–H and O–H groups in total. The van der Waals surface area contributed by atoms with E-state index in [1.54, 1.807) is 78.9 Å². The molecule has 6 aromatic rings. The first-order valence-electron chi connectivity index (χ1n) is 11.5. The molecule has 0 bridgehead atoms. The Balaban J connectivity index is 1.55. The van der Waals surface area contributed by atoms with Crippen molar-refractivity contribution in [2.75, 3.05) is 0 Å². The summed E-state index contributed by atoms with van der Waals surface area (Å²) in [6.07, 6.45) is 0. The fraction of sp³-hybridized carbons (Fsp3) is 0.0345. The van der Waals surface area contributed by atoms with Gasteiger partial charge in [-0.15, -0.1) is 0 Å². The number of rotatable bonds is 5. The predicted octanol–water partition coefficient (Wildman–Crippen LogP) is 2.35. The van der Waals surface area contributed by atoms with Crippen LogP contribution in [0.4, 0.5) is 0 Å². The lowest BCUT2D eigenvalue weighted by Crippen LogP contribution is -3.85. The third kappa shape index (κ3) is 4.53. The van der Waals surface area contributed by atoms with Gasteiger partial charge in [-0.05, 0) is 64.0 Å². The van der Waals surface area contributed by atoms with E-state index >= 15 is 0 Å². The van der Waals surface area contributed by atoms with Crippen molar-refractivity contribution in [2.45, 2.75) is 11.8 Å². The van der Waals surface area contributed by atoms with Crippen LogP contribution in [0.3, 0.4) is 0 Å². The lowest BCUT2D eigenvalue weighted by molar-refractivity contribution is -1.03. The van der Waals surface area contributed by atoms with Crippen LogP contribution in [0.25, 0.3) is 32.9 Å². The van der Waals surface area contributed by atoms with Crippen LogP contribution in [0.2, 0.25) is 0 Å². The number of halogens is 1. The van der Waals surface area contributed by atoms with Gasteiger partial charge in [0.15, 0.2) is 7.14 Å². The van der Waals surface area contributed by atoms with Crippen molar-refractivity contribution in [3.05, 3.63) is 130 Å². The third-order valence-corrected chi connectivity index (χ3v) is 13.2. The SMILES string of the molecule is Cc1ccc(S(=O)(=O)O[I+](c2ccc3ccc(=O)oc3c2)c2ccc3oc4ccccc4c(=O)c3c2)cc1. The van der Waals surface area contributed by atoms with Crippen LogP contribution in [-0.2, 0) is 12.6 Å². The molecule has 0 spiro atoms. The average Bonchev–Trinajstić information content (AvgIpc) is 2.92. The minimum Gasteiger partial charge on any atom is -0.456 e. The van der Waals surface area contributed by atoms with E-state index in [2.05, 4.69) is 0 Å². The van der Waals surface area contributed by atoms with Gasteiger partial charge in [0, 0.05) is 23.6 Å². The molecule has 0 atom stereocenters. The first-order valence-corrected chi connectivity index (χ1v) is 15.9. The molecule has 1 radical (unpaired) electrons. The fourth-order valence-corrected chi connectivity index (χ4v) is 11.1. The summed E-state index contributed by atoms with van der Waals surface area (Å²) in [7, 11) is -4.16. The van der Waals surface area contributed by atoms with Crippen molar-refractivity contribution in [3.8, 4) is 0 Å². The molecule has 6 rings (SSSR count). The second-order valence-corrected chi connectivity index (χ2v) is 15.1. The Morgan fingerprint density at radius 2 is 1.37 bits per heavy atom. The van der Waals surface area contributed by atoms with Gasteiger partial charge in [0.2, 0.25) is 5.43 Å². The maximum atomic E-state index is 13.4. The Morgan fingerprint density at radius 3 is 2.18 bits per heavy atom. The minimum atomic E-state index is -4.16. The quantitative estimate of drug-likeness (QED) is 0.162. The zero-order valence-corrected chi connectivity index (χ0v) is 22.9. The van der Waals surface area contributed by atoms with Gasteiger partial charge in [0.05, 0.1) is 15.7 Å². The zero-order chi connectivity index (χ0) is 26.4. The summed E-state index contributed by atoms with van der Waals surface area (Å²) in [4.78, 5) is 25.2. The summed E-state index contributed by atoms with van der Waals surface area (Å²) in [6, 6.07) is 26.5. The van der Waals surface area contributed by atoms with Gasteiger partial charge in [-0.3, -0.25) is 4.79 Å². The van der Waals surface area contributed by atoms with Crippen LogP contribution < -0.4 is 31.3 Å². The van der Waals surface area contributed by atoms with E-state index in [1.165, 1.54) is 18.2 Å². The highest BCUT2D eigenvalue weighted by Gasteiger charge is 2.38. The molecule has 7 nitrogen and oxygen atoms in total. The van der Waals surface area contributed by atoms with Crippen molar-refractivity contribution < 1.29 is 40.0 Å². The van der Waals surface area contributed by atoms with E-state index in [9.17, 15) is 18.0 Å². The summed E-state index contributed by atoms with van der Waals surface area (Å²) < 4.78 is 45.2. The molecule has 0 unspecified atom stereocenters. The van der Waals surface area contributed by atoms with Gasteiger partial charge in [-0.25, -0.2) is 4.79 Å². The van der Waals surface area contributed by atoms with Crippen LogP contribution in [0.1, 0.15) is 5.56 Å². The Bertz CT molecular complexity index is 2080. The molecule has 2 aromatic heterocycles. The molecule has 0 saturated carbocycles. The number of fused-ring (bicyclic) bond motifs is 3. The lowest BCUT2D eigenvalue weighted by atomic mass is 10.1. The largest absolute Gasteiger partial charge is 0.456 e. The third-order valence-electron chi connectivity index (χ3n) is 5.97. The number of benzene rings is 4. The van der Waals surface area contributed by atoms with E-state index in [1.807, 2.05) is 6.92 Å². The smallest absolute Gasteiger partial charge is 0.336 e. The fourth-order valence-electron chi connectivity index (χ4n) is 4.05. The number of para-hydroxylation sites is 1.